The van der Waals surface area contributed by atoms with E-state index in [0.29, 0.717) is 18.7 Å². The number of amides is 1. The van der Waals surface area contributed by atoms with Crippen LogP contribution in [-0.4, -0.2) is 28.7 Å². The Morgan fingerprint density at radius 3 is 2.71 bits per heavy atom. The fraction of sp³-hybridized carbons (Fsp3) is 0.562. The molecular weight excluding hydrogens is 306 g/mol. The van der Waals surface area contributed by atoms with Gasteiger partial charge in [-0.15, -0.1) is 0 Å². The minimum atomic E-state index is -0.919. The summed E-state index contributed by atoms with van der Waals surface area (Å²) in [6.45, 7) is 0.641. The van der Waals surface area contributed by atoms with Crippen LogP contribution in [0.25, 0.3) is 0 Å². The van der Waals surface area contributed by atoms with Crippen LogP contribution in [0.2, 0.25) is 5.02 Å². The van der Waals surface area contributed by atoms with Crippen molar-refractivity contribution in [3.8, 4) is 0 Å². The number of carbonyl (C=O) groups excluding carboxylic acids is 1. The predicted octanol–water partition coefficient (Wildman–Crippen LogP) is 3.04. The number of halogens is 1. The minimum Gasteiger partial charge on any atom is -0.355 e. The molecular formula is C16H22ClNO2S. The average Bonchev–Trinajstić information content (AvgIpc) is 2.93. The van der Waals surface area contributed by atoms with E-state index < -0.39 is 10.8 Å². The first-order valence-corrected chi connectivity index (χ1v) is 9.45. The second-order valence-electron chi connectivity index (χ2n) is 5.80. The van der Waals surface area contributed by atoms with Crippen molar-refractivity contribution >= 4 is 28.3 Å². The SMILES string of the molecule is C[S@@](=O)CCC(=O)NCC1(c2cccc(Cl)c2)CCCC1. The Labute approximate surface area is 133 Å². The summed E-state index contributed by atoms with van der Waals surface area (Å²) in [6.07, 6.45) is 6.47. The number of benzene rings is 1. The van der Waals surface area contributed by atoms with Gasteiger partial charge in [0.1, 0.15) is 0 Å². The molecule has 1 fully saturated rings. The Balaban J connectivity index is 2.02. The molecule has 0 saturated heterocycles. The number of hydrogen-bond donors (Lipinski definition) is 1. The second kappa shape index (κ2) is 7.41. The Kier molecular flexibility index (Phi) is 5.82. The van der Waals surface area contributed by atoms with Crippen LogP contribution in [-0.2, 0) is 21.0 Å². The van der Waals surface area contributed by atoms with Crippen LogP contribution < -0.4 is 5.32 Å². The number of hydrogen-bond acceptors (Lipinski definition) is 2. The highest BCUT2D eigenvalue weighted by molar-refractivity contribution is 7.84. The molecule has 1 atom stereocenters. The van der Waals surface area contributed by atoms with E-state index in [1.165, 1.54) is 18.4 Å². The van der Waals surface area contributed by atoms with Gasteiger partial charge in [0.05, 0.1) is 0 Å². The first kappa shape index (κ1) is 16.5. The average molecular weight is 328 g/mol. The van der Waals surface area contributed by atoms with Crippen molar-refractivity contribution in [3.05, 3.63) is 34.9 Å². The highest BCUT2D eigenvalue weighted by atomic mass is 35.5. The molecule has 1 saturated carbocycles. The van der Waals surface area contributed by atoms with Gasteiger partial charge >= 0.3 is 0 Å². The molecule has 1 amide bonds. The van der Waals surface area contributed by atoms with Crippen molar-refractivity contribution in [3.63, 3.8) is 0 Å². The van der Waals surface area contributed by atoms with Crippen LogP contribution in [0.5, 0.6) is 0 Å². The third kappa shape index (κ3) is 4.55. The fourth-order valence-electron chi connectivity index (χ4n) is 3.03. The quantitative estimate of drug-likeness (QED) is 0.873. The van der Waals surface area contributed by atoms with Crippen LogP contribution in [0.3, 0.4) is 0 Å². The molecule has 5 heteroatoms. The molecule has 1 aliphatic carbocycles. The summed E-state index contributed by atoms with van der Waals surface area (Å²) < 4.78 is 11.0. The molecule has 2 rings (SSSR count). The lowest BCUT2D eigenvalue weighted by Gasteiger charge is -2.30. The number of carbonyl (C=O) groups is 1. The zero-order valence-electron chi connectivity index (χ0n) is 12.4. The van der Waals surface area contributed by atoms with Crippen molar-refractivity contribution in [1.29, 1.82) is 0 Å². The van der Waals surface area contributed by atoms with Gasteiger partial charge in [0.25, 0.3) is 0 Å². The molecule has 1 N–H and O–H groups in total. The van der Waals surface area contributed by atoms with Crippen LogP contribution >= 0.6 is 11.6 Å². The van der Waals surface area contributed by atoms with Crippen LogP contribution in [0.1, 0.15) is 37.7 Å². The zero-order valence-corrected chi connectivity index (χ0v) is 13.9. The van der Waals surface area contributed by atoms with Crippen LogP contribution in [0.4, 0.5) is 0 Å². The number of rotatable bonds is 6. The van der Waals surface area contributed by atoms with E-state index in [4.69, 9.17) is 11.6 Å². The van der Waals surface area contributed by atoms with Crippen molar-refractivity contribution in [2.75, 3.05) is 18.6 Å². The topological polar surface area (TPSA) is 46.2 Å². The van der Waals surface area contributed by atoms with Gasteiger partial charge in [0.15, 0.2) is 0 Å². The van der Waals surface area contributed by atoms with Crippen molar-refractivity contribution in [2.45, 2.75) is 37.5 Å². The molecule has 3 nitrogen and oxygen atoms in total. The minimum absolute atomic E-state index is 0.00588. The van der Waals surface area contributed by atoms with Gasteiger partial charge in [-0.25, -0.2) is 0 Å². The summed E-state index contributed by atoms with van der Waals surface area (Å²) in [5.41, 5.74) is 1.22. The standard InChI is InChI=1S/C16H22ClNO2S/c1-21(20)10-7-15(19)18-12-16(8-2-3-9-16)13-5-4-6-14(17)11-13/h4-6,11H,2-3,7-10,12H2,1H3,(H,18,19)/t21-/m1/s1. The lowest BCUT2D eigenvalue weighted by Crippen LogP contribution is -2.39. The van der Waals surface area contributed by atoms with E-state index >= 15 is 0 Å². The van der Waals surface area contributed by atoms with Crippen molar-refractivity contribution in [1.82, 2.24) is 5.32 Å². The van der Waals surface area contributed by atoms with Gasteiger partial charge in [0.2, 0.25) is 5.91 Å². The van der Waals surface area contributed by atoms with E-state index in [0.717, 1.165) is 17.9 Å². The largest absolute Gasteiger partial charge is 0.355 e. The highest BCUT2D eigenvalue weighted by Gasteiger charge is 2.35. The smallest absolute Gasteiger partial charge is 0.220 e. The summed E-state index contributed by atoms with van der Waals surface area (Å²) >= 11 is 6.11. The fourth-order valence-corrected chi connectivity index (χ4v) is 3.69. The molecule has 0 aliphatic heterocycles. The second-order valence-corrected chi connectivity index (χ2v) is 7.79. The first-order chi connectivity index (χ1) is 10.0. The molecule has 0 heterocycles. The van der Waals surface area contributed by atoms with E-state index in [9.17, 15) is 9.00 Å². The maximum absolute atomic E-state index is 11.9. The summed E-state index contributed by atoms with van der Waals surface area (Å²) in [4.78, 5) is 11.9. The molecule has 0 bridgehead atoms. The molecule has 0 spiro atoms. The Hall–Kier alpha value is -0.870. The Morgan fingerprint density at radius 2 is 2.10 bits per heavy atom. The molecule has 0 radical (unpaired) electrons. The van der Waals surface area contributed by atoms with E-state index in [1.807, 2.05) is 18.2 Å². The third-order valence-corrected chi connectivity index (χ3v) is 5.25. The lowest BCUT2D eigenvalue weighted by molar-refractivity contribution is -0.120. The van der Waals surface area contributed by atoms with Gasteiger partial charge in [-0.05, 0) is 30.5 Å². The first-order valence-electron chi connectivity index (χ1n) is 7.35. The summed E-state index contributed by atoms with van der Waals surface area (Å²) in [7, 11) is -0.919. The number of nitrogens with one attached hydrogen (secondary N) is 1. The lowest BCUT2D eigenvalue weighted by atomic mass is 9.79. The highest BCUT2D eigenvalue weighted by Crippen LogP contribution is 2.41. The van der Waals surface area contributed by atoms with Crippen molar-refractivity contribution in [2.24, 2.45) is 0 Å². The molecule has 1 aromatic rings. The maximum atomic E-state index is 11.9. The third-order valence-electron chi connectivity index (χ3n) is 4.24. The zero-order chi connectivity index (χ0) is 15.3. The van der Waals surface area contributed by atoms with E-state index in [1.54, 1.807) is 6.26 Å². The molecule has 1 aromatic carbocycles. The molecule has 21 heavy (non-hydrogen) atoms. The van der Waals surface area contributed by atoms with E-state index in [2.05, 4.69) is 11.4 Å². The van der Waals surface area contributed by atoms with Gasteiger partial charge in [-0.2, -0.15) is 0 Å². The molecule has 1 aliphatic rings. The van der Waals surface area contributed by atoms with Crippen LogP contribution in [0.15, 0.2) is 24.3 Å². The Bertz CT molecular complexity index is 527. The summed E-state index contributed by atoms with van der Waals surface area (Å²) in [6, 6.07) is 7.97. The van der Waals surface area contributed by atoms with Gasteiger partial charge in [0, 0.05) is 46.2 Å². The molecule has 116 valence electrons. The predicted molar refractivity (Wildman–Crippen MR) is 88.2 cm³/mol. The van der Waals surface area contributed by atoms with Crippen molar-refractivity contribution < 1.29 is 9.00 Å². The van der Waals surface area contributed by atoms with Crippen LogP contribution in [0, 0.1) is 0 Å². The molecule has 0 unspecified atom stereocenters. The normalized spacial score (nSPS) is 18.4. The van der Waals surface area contributed by atoms with E-state index in [-0.39, 0.29) is 11.3 Å². The summed E-state index contributed by atoms with van der Waals surface area (Å²) in [5, 5.41) is 3.76. The molecule has 0 aromatic heterocycles. The maximum Gasteiger partial charge on any atom is 0.220 e. The van der Waals surface area contributed by atoms with Gasteiger partial charge < -0.3 is 5.32 Å². The Morgan fingerprint density at radius 1 is 1.38 bits per heavy atom. The summed E-state index contributed by atoms with van der Waals surface area (Å²) in [5.74, 6) is 0.411. The van der Waals surface area contributed by atoms with Gasteiger partial charge in [-0.3, -0.25) is 9.00 Å². The van der Waals surface area contributed by atoms with Gasteiger partial charge in [-0.1, -0.05) is 36.6 Å². The monoisotopic (exact) mass is 327 g/mol.